The first-order valence-electron chi connectivity index (χ1n) is 10.7. The Morgan fingerprint density at radius 3 is 2.61 bits per heavy atom. The number of rotatable bonds is 11. The number of carboxylic acids is 1. The number of aliphatic carboxylic acids is 1. The van der Waals surface area contributed by atoms with Gasteiger partial charge in [-0.25, -0.2) is 0 Å². The Morgan fingerprint density at radius 2 is 1.97 bits per heavy atom. The molecule has 6 nitrogen and oxygen atoms in total. The number of hydrogen-bond acceptors (Lipinski definition) is 5. The van der Waals surface area contributed by atoms with Gasteiger partial charge in [-0.1, -0.05) is 49.4 Å². The van der Waals surface area contributed by atoms with Gasteiger partial charge in [-0.2, -0.15) is 0 Å². The molecule has 0 spiro atoms. The molecule has 4 atom stereocenters. The van der Waals surface area contributed by atoms with Crippen LogP contribution < -0.4 is 4.74 Å². The number of carbonyl (C=O) groups excluding carboxylic acids is 1. The molecule has 0 radical (unpaired) electrons. The Morgan fingerprint density at radius 1 is 1.23 bits per heavy atom. The summed E-state index contributed by atoms with van der Waals surface area (Å²) < 4.78 is 11.1. The predicted molar refractivity (Wildman–Crippen MR) is 118 cm³/mol. The molecule has 0 aliphatic heterocycles. The van der Waals surface area contributed by atoms with Crippen molar-refractivity contribution in [1.82, 2.24) is 0 Å². The molecule has 0 aromatic heterocycles. The molecule has 0 amide bonds. The summed E-state index contributed by atoms with van der Waals surface area (Å²) in [7, 11) is 0. The molecule has 31 heavy (non-hydrogen) atoms. The molecule has 1 aromatic carbocycles. The molecule has 1 aromatic rings. The second kappa shape index (κ2) is 12.7. The minimum absolute atomic E-state index is 0.0250. The van der Waals surface area contributed by atoms with Crippen molar-refractivity contribution in [2.24, 2.45) is 17.8 Å². The van der Waals surface area contributed by atoms with Gasteiger partial charge in [0.05, 0.1) is 11.7 Å². The molecule has 168 valence electrons. The number of allylic oxidation sites excluding steroid dienone is 5. The fraction of sp³-hybridized carbons (Fsp3) is 0.440. The number of ether oxygens (including phenoxy) is 2. The van der Waals surface area contributed by atoms with Crippen LogP contribution in [0.4, 0.5) is 0 Å². The Bertz CT molecular complexity index is 795. The predicted octanol–water partition coefficient (Wildman–Crippen LogP) is 4.51. The van der Waals surface area contributed by atoms with Crippen LogP contribution in [0.1, 0.15) is 39.5 Å². The van der Waals surface area contributed by atoms with Crippen LogP contribution >= 0.6 is 0 Å². The molecule has 2 N–H and O–H groups in total. The molecular weight excluding hydrogens is 396 g/mol. The van der Waals surface area contributed by atoms with Crippen LogP contribution in [0.3, 0.4) is 0 Å². The minimum Gasteiger partial charge on any atom is -0.495 e. The summed E-state index contributed by atoms with van der Waals surface area (Å²) in [5.74, 6) is -0.991. The second-order valence-electron chi connectivity index (χ2n) is 7.63. The van der Waals surface area contributed by atoms with Crippen molar-refractivity contribution in [2.75, 3.05) is 6.61 Å². The summed E-state index contributed by atoms with van der Waals surface area (Å²) >= 11 is 0. The number of para-hydroxylation sites is 1. The number of aliphatic hydroxyl groups excluding tert-OH is 1. The smallest absolute Gasteiger partial charge is 0.314 e. The summed E-state index contributed by atoms with van der Waals surface area (Å²) in [5, 5.41) is 19.6. The van der Waals surface area contributed by atoms with Crippen molar-refractivity contribution in [2.45, 2.75) is 45.6 Å². The lowest BCUT2D eigenvalue weighted by Gasteiger charge is -2.20. The third-order valence-electron chi connectivity index (χ3n) is 5.38. The largest absolute Gasteiger partial charge is 0.495 e. The highest BCUT2D eigenvalue weighted by atomic mass is 16.5. The molecule has 2 unspecified atom stereocenters. The summed E-state index contributed by atoms with van der Waals surface area (Å²) in [6, 6.07) is 8.82. The Kier molecular flexibility index (Phi) is 10.0. The number of esters is 1. The van der Waals surface area contributed by atoms with E-state index in [1.165, 1.54) is 0 Å². The van der Waals surface area contributed by atoms with Gasteiger partial charge in [0.25, 0.3) is 0 Å². The summed E-state index contributed by atoms with van der Waals surface area (Å²) in [5.41, 5.74) is 0. The van der Waals surface area contributed by atoms with Crippen LogP contribution in [-0.4, -0.2) is 34.9 Å². The van der Waals surface area contributed by atoms with Crippen molar-refractivity contribution in [3.05, 3.63) is 66.5 Å². The molecule has 6 heteroatoms. The fourth-order valence-corrected chi connectivity index (χ4v) is 3.79. The van der Waals surface area contributed by atoms with Crippen molar-refractivity contribution >= 4 is 11.9 Å². The topological polar surface area (TPSA) is 93.1 Å². The third-order valence-corrected chi connectivity index (χ3v) is 5.38. The molecular formula is C25H32O6. The maximum atomic E-state index is 12.8. The van der Waals surface area contributed by atoms with Gasteiger partial charge in [-0.3, -0.25) is 9.59 Å². The SMILES string of the molecule is C/C=C\C=C(/CC)OCC(O)/C=C/C1[C@@H](CC(=O)O)CC[C@H]1C(=O)Oc1ccccc1. The number of benzene rings is 1. The van der Waals surface area contributed by atoms with E-state index in [4.69, 9.17) is 9.47 Å². The summed E-state index contributed by atoms with van der Waals surface area (Å²) in [4.78, 5) is 24.0. The van der Waals surface area contributed by atoms with Crippen LogP contribution in [0.25, 0.3) is 0 Å². The van der Waals surface area contributed by atoms with E-state index >= 15 is 0 Å². The normalized spacial score (nSPS) is 22.7. The lowest BCUT2D eigenvalue weighted by Crippen LogP contribution is -2.26. The van der Waals surface area contributed by atoms with Gasteiger partial charge in [0, 0.05) is 12.8 Å². The quantitative estimate of drug-likeness (QED) is 0.177. The second-order valence-corrected chi connectivity index (χ2v) is 7.63. The highest BCUT2D eigenvalue weighted by molar-refractivity contribution is 5.76. The van der Waals surface area contributed by atoms with Crippen LogP contribution in [0.5, 0.6) is 5.75 Å². The molecule has 0 bridgehead atoms. The van der Waals surface area contributed by atoms with E-state index in [2.05, 4.69) is 0 Å². The average Bonchev–Trinajstić information content (AvgIpc) is 3.15. The van der Waals surface area contributed by atoms with E-state index in [1.54, 1.807) is 36.4 Å². The molecule has 1 aliphatic carbocycles. The third kappa shape index (κ3) is 8.06. The highest BCUT2D eigenvalue weighted by Gasteiger charge is 2.40. The van der Waals surface area contributed by atoms with E-state index in [-0.39, 0.29) is 30.8 Å². The first-order chi connectivity index (χ1) is 14.9. The number of hydrogen-bond donors (Lipinski definition) is 2. The number of carboxylic acid groups (broad SMARTS) is 1. The van der Waals surface area contributed by atoms with Gasteiger partial charge in [0.2, 0.25) is 0 Å². The fourth-order valence-electron chi connectivity index (χ4n) is 3.79. The van der Waals surface area contributed by atoms with Gasteiger partial charge in [-0.15, -0.1) is 0 Å². The zero-order chi connectivity index (χ0) is 22.6. The van der Waals surface area contributed by atoms with Crippen LogP contribution in [0.15, 0.2) is 66.5 Å². The number of aliphatic hydroxyl groups is 1. The van der Waals surface area contributed by atoms with Gasteiger partial charge in [0.1, 0.15) is 18.5 Å². The Labute approximate surface area is 183 Å². The zero-order valence-corrected chi connectivity index (χ0v) is 18.1. The summed E-state index contributed by atoms with van der Waals surface area (Å²) in [6.45, 7) is 3.97. The van der Waals surface area contributed by atoms with E-state index in [0.717, 1.165) is 5.76 Å². The van der Waals surface area contributed by atoms with Crippen LogP contribution in [0.2, 0.25) is 0 Å². The van der Waals surface area contributed by atoms with E-state index in [0.29, 0.717) is 25.0 Å². The van der Waals surface area contributed by atoms with Crippen molar-refractivity contribution in [1.29, 1.82) is 0 Å². The molecule has 1 aliphatic rings. The van der Waals surface area contributed by atoms with Crippen LogP contribution in [-0.2, 0) is 14.3 Å². The maximum absolute atomic E-state index is 12.8. The molecule has 1 saturated carbocycles. The van der Waals surface area contributed by atoms with E-state index in [1.807, 2.05) is 38.1 Å². The highest BCUT2D eigenvalue weighted by Crippen LogP contribution is 2.41. The lowest BCUT2D eigenvalue weighted by atomic mass is 9.86. The molecule has 2 rings (SSSR count). The first kappa shape index (κ1) is 24.4. The Balaban J connectivity index is 2.05. The molecule has 0 heterocycles. The standard InChI is InChI=1S/C25H32O6/c1-3-5-9-20(4-2)30-17-19(26)13-15-22-18(16-24(27)28)12-14-23(22)25(29)31-21-10-7-6-8-11-21/h3,5-11,13,15,18-19,22-23,26H,4,12,14,16-17H2,1-2H3,(H,27,28)/b5-3-,15-13+,20-9+/t18-,19?,22?,23-/m1/s1. The minimum atomic E-state index is -0.897. The van der Waals surface area contributed by atoms with E-state index in [9.17, 15) is 19.8 Å². The van der Waals surface area contributed by atoms with Crippen molar-refractivity contribution < 1.29 is 29.3 Å². The zero-order valence-electron chi connectivity index (χ0n) is 18.1. The van der Waals surface area contributed by atoms with Gasteiger partial charge in [0.15, 0.2) is 0 Å². The van der Waals surface area contributed by atoms with Gasteiger partial charge < -0.3 is 19.7 Å². The number of carbonyl (C=O) groups is 2. The van der Waals surface area contributed by atoms with Crippen molar-refractivity contribution in [3.8, 4) is 5.75 Å². The maximum Gasteiger partial charge on any atom is 0.314 e. The van der Waals surface area contributed by atoms with Gasteiger partial charge >= 0.3 is 11.9 Å². The Hall–Kier alpha value is -2.86. The van der Waals surface area contributed by atoms with E-state index < -0.39 is 18.0 Å². The first-order valence-corrected chi connectivity index (χ1v) is 10.7. The lowest BCUT2D eigenvalue weighted by molar-refractivity contribution is -0.141. The molecule has 0 saturated heterocycles. The molecule has 1 fully saturated rings. The average molecular weight is 429 g/mol. The van der Waals surface area contributed by atoms with Crippen LogP contribution in [0, 0.1) is 17.8 Å². The monoisotopic (exact) mass is 428 g/mol. The van der Waals surface area contributed by atoms with Crippen molar-refractivity contribution in [3.63, 3.8) is 0 Å². The summed E-state index contributed by atoms with van der Waals surface area (Å²) in [6.07, 6.45) is 9.96. The van der Waals surface area contributed by atoms with Gasteiger partial charge in [-0.05, 0) is 49.8 Å².